The summed E-state index contributed by atoms with van der Waals surface area (Å²) in [5.74, 6) is 0. The van der Waals surface area contributed by atoms with E-state index in [-0.39, 0.29) is 17.8 Å². The molecule has 0 bridgehead atoms. The van der Waals surface area contributed by atoms with Crippen molar-refractivity contribution in [2.24, 2.45) is 0 Å². The molecule has 102 valence electrons. The van der Waals surface area contributed by atoms with E-state index in [1.54, 1.807) is 0 Å². The summed E-state index contributed by atoms with van der Waals surface area (Å²) in [7, 11) is 0. The van der Waals surface area contributed by atoms with Gasteiger partial charge in [0.15, 0.2) is 0 Å². The third-order valence-electron chi connectivity index (χ3n) is 2.67. The van der Waals surface area contributed by atoms with Gasteiger partial charge < -0.3 is 4.74 Å². The van der Waals surface area contributed by atoms with Gasteiger partial charge in [0.25, 0.3) is 0 Å². The van der Waals surface area contributed by atoms with Crippen molar-refractivity contribution in [1.82, 2.24) is 0 Å². The highest BCUT2D eigenvalue weighted by Crippen LogP contribution is 2.51. The van der Waals surface area contributed by atoms with Gasteiger partial charge in [0.1, 0.15) is 0 Å². The lowest BCUT2D eigenvalue weighted by molar-refractivity contribution is -0.228. The Morgan fingerprint density at radius 1 is 1.42 bits per heavy atom. The molecule has 1 amide bonds. The van der Waals surface area contributed by atoms with Crippen molar-refractivity contribution in [3.05, 3.63) is 42.5 Å². The lowest BCUT2D eigenvalue weighted by Gasteiger charge is -2.38. The highest BCUT2D eigenvalue weighted by atomic mass is 35.5. The van der Waals surface area contributed by atoms with Gasteiger partial charge in [0, 0.05) is 12.1 Å². The average Bonchev–Trinajstić information content (AvgIpc) is 2.33. The maximum absolute atomic E-state index is 13.0. The molecule has 1 aromatic carbocycles. The zero-order valence-electron chi connectivity index (χ0n) is 9.58. The van der Waals surface area contributed by atoms with Crippen molar-refractivity contribution in [3.8, 4) is 0 Å². The van der Waals surface area contributed by atoms with Crippen LogP contribution in [0.25, 0.3) is 0 Å². The topological polar surface area (TPSA) is 29.5 Å². The van der Waals surface area contributed by atoms with Crippen LogP contribution in [0.1, 0.15) is 5.56 Å². The Kier molecular flexibility index (Phi) is 3.22. The van der Waals surface area contributed by atoms with Crippen molar-refractivity contribution in [1.29, 1.82) is 0 Å². The first-order chi connectivity index (χ1) is 8.81. The molecule has 3 nitrogen and oxygen atoms in total. The molecule has 1 atom stereocenters. The van der Waals surface area contributed by atoms with Crippen LogP contribution in [0.3, 0.4) is 0 Å². The molecule has 0 fully saturated rings. The molecule has 1 heterocycles. The van der Waals surface area contributed by atoms with Crippen LogP contribution in [0.2, 0.25) is 0 Å². The van der Waals surface area contributed by atoms with Gasteiger partial charge in [-0.05, 0) is 6.07 Å². The fourth-order valence-corrected chi connectivity index (χ4v) is 2.05. The van der Waals surface area contributed by atoms with E-state index in [1.165, 1.54) is 30.3 Å². The highest BCUT2D eigenvalue weighted by Gasteiger charge is 2.62. The zero-order valence-corrected chi connectivity index (χ0v) is 10.3. The van der Waals surface area contributed by atoms with Crippen molar-refractivity contribution in [2.45, 2.75) is 11.2 Å². The molecule has 2 rings (SSSR count). The molecule has 0 saturated carbocycles. The van der Waals surface area contributed by atoms with E-state index in [0.717, 1.165) is 4.90 Å². The summed E-state index contributed by atoms with van der Waals surface area (Å²) in [5.41, 5.74) is -0.253. The second-order valence-corrected chi connectivity index (χ2v) is 4.41. The van der Waals surface area contributed by atoms with Crippen LogP contribution in [0.4, 0.5) is 23.7 Å². The van der Waals surface area contributed by atoms with Gasteiger partial charge in [0.2, 0.25) is 0 Å². The molecule has 1 aliphatic heterocycles. The molecule has 19 heavy (non-hydrogen) atoms. The van der Waals surface area contributed by atoms with Crippen LogP contribution in [0, 0.1) is 0 Å². The van der Waals surface area contributed by atoms with Crippen molar-refractivity contribution in [2.75, 3.05) is 11.4 Å². The largest absolute Gasteiger partial charge is 0.448 e. The minimum atomic E-state index is -4.92. The summed E-state index contributed by atoms with van der Waals surface area (Å²) in [4.78, 5) is 12.7. The number of cyclic esters (lactones) is 1. The summed E-state index contributed by atoms with van der Waals surface area (Å²) in [5, 5.41) is -3.15. The Balaban J connectivity index is 2.62. The second kappa shape index (κ2) is 4.45. The number of ether oxygens (including phenoxy) is 1. The van der Waals surface area contributed by atoms with Gasteiger partial charge in [-0.25, -0.2) is 4.79 Å². The number of nitrogens with zero attached hydrogens (tertiary/aromatic N) is 1. The normalized spacial score (nSPS) is 22.7. The van der Waals surface area contributed by atoms with Crippen LogP contribution in [0.5, 0.6) is 0 Å². The molecule has 0 saturated heterocycles. The fourth-order valence-electron chi connectivity index (χ4n) is 1.82. The lowest BCUT2D eigenvalue weighted by Crippen LogP contribution is -2.50. The van der Waals surface area contributed by atoms with Crippen LogP contribution in [-0.4, -0.2) is 18.8 Å². The van der Waals surface area contributed by atoms with Crippen LogP contribution in [0.15, 0.2) is 36.9 Å². The van der Waals surface area contributed by atoms with E-state index >= 15 is 0 Å². The number of alkyl halides is 4. The summed E-state index contributed by atoms with van der Waals surface area (Å²) in [6, 6.07) is 5.47. The van der Waals surface area contributed by atoms with E-state index in [1.807, 2.05) is 0 Å². The number of carbonyl (C=O) groups is 1. The van der Waals surface area contributed by atoms with Gasteiger partial charge in [-0.1, -0.05) is 35.9 Å². The second-order valence-electron chi connectivity index (χ2n) is 3.88. The Morgan fingerprint density at radius 2 is 2.05 bits per heavy atom. The summed E-state index contributed by atoms with van der Waals surface area (Å²) >= 11 is 5.52. The molecule has 0 radical (unpaired) electrons. The first-order valence-corrected chi connectivity index (χ1v) is 5.65. The van der Waals surface area contributed by atoms with E-state index in [0.29, 0.717) is 0 Å². The Hall–Kier alpha value is -1.69. The van der Waals surface area contributed by atoms with Gasteiger partial charge in [-0.15, -0.1) is 6.58 Å². The first-order valence-electron chi connectivity index (χ1n) is 5.28. The van der Waals surface area contributed by atoms with Gasteiger partial charge >= 0.3 is 17.3 Å². The highest BCUT2D eigenvalue weighted by molar-refractivity contribution is 6.25. The van der Waals surface area contributed by atoms with Crippen LogP contribution in [-0.2, 0) is 9.80 Å². The average molecular weight is 292 g/mol. The van der Waals surface area contributed by atoms with Crippen LogP contribution < -0.4 is 4.90 Å². The minimum Gasteiger partial charge on any atom is -0.412 e. The number of rotatable bonds is 2. The smallest absolute Gasteiger partial charge is 0.412 e. The Labute approximate surface area is 112 Å². The predicted molar refractivity (Wildman–Crippen MR) is 64.1 cm³/mol. The molecule has 1 aliphatic rings. The standard InChI is InChI=1S/C12H9ClF3NO2/c1-2-7-17-9-6-4-3-5-8(9)11(13,12(14,15)16)19-10(17)18/h2-6H,1,7H2. The third kappa shape index (κ3) is 2.06. The Bertz CT molecular complexity index is 532. The van der Waals surface area contributed by atoms with Gasteiger partial charge in [-0.2, -0.15) is 13.2 Å². The summed E-state index contributed by atoms with van der Waals surface area (Å²) in [6.07, 6.45) is -4.70. The predicted octanol–water partition coefficient (Wildman–Crippen LogP) is 3.78. The third-order valence-corrected chi connectivity index (χ3v) is 3.16. The minimum absolute atomic E-state index is 0.0284. The lowest BCUT2D eigenvalue weighted by atomic mass is 10.0. The number of benzene rings is 1. The van der Waals surface area contributed by atoms with Crippen molar-refractivity contribution < 1.29 is 22.7 Å². The van der Waals surface area contributed by atoms with E-state index in [9.17, 15) is 18.0 Å². The number of carbonyl (C=O) groups excluding carboxylic acids is 1. The molecule has 0 aliphatic carbocycles. The molecular weight excluding hydrogens is 283 g/mol. The zero-order chi connectivity index (χ0) is 14.3. The maximum atomic E-state index is 13.0. The number of fused-ring (bicyclic) bond motifs is 1. The number of para-hydroxylation sites is 1. The molecule has 0 N–H and O–H groups in total. The molecule has 7 heteroatoms. The Morgan fingerprint density at radius 3 is 2.63 bits per heavy atom. The number of hydrogen-bond acceptors (Lipinski definition) is 2. The van der Waals surface area contributed by atoms with Crippen LogP contribution >= 0.6 is 11.6 Å². The number of amides is 1. The monoisotopic (exact) mass is 291 g/mol. The van der Waals surface area contributed by atoms with Crippen molar-refractivity contribution >= 4 is 23.4 Å². The van der Waals surface area contributed by atoms with Gasteiger partial charge in [-0.3, -0.25) is 4.90 Å². The number of hydrogen-bond donors (Lipinski definition) is 0. The molecule has 0 aromatic heterocycles. The summed E-state index contributed by atoms with van der Waals surface area (Å²) < 4.78 is 43.5. The summed E-state index contributed by atoms with van der Waals surface area (Å²) in [6.45, 7) is 3.47. The SMILES string of the molecule is C=CCN1C(=O)OC(Cl)(C(F)(F)F)c2ccccc21. The fraction of sp³-hybridized carbons (Fsp3) is 0.250. The van der Waals surface area contributed by atoms with E-state index in [4.69, 9.17) is 11.6 Å². The number of anilines is 1. The first kappa shape index (κ1) is 13.7. The molecule has 0 spiro atoms. The van der Waals surface area contributed by atoms with E-state index < -0.39 is 17.3 Å². The molecule has 1 unspecified atom stereocenters. The van der Waals surface area contributed by atoms with Crippen molar-refractivity contribution in [3.63, 3.8) is 0 Å². The molecule has 1 aromatic rings. The maximum Gasteiger partial charge on any atom is 0.448 e. The van der Waals surface area contributed by atoms with E-state index in [2.05, 4.69) is 11.3 Å². The molecular formula is C12H9ClF3NO2. The number of halogens is 4. The quantitative estimate of drug-likeness (QED) is 0.613. The van der Waals surface area contributed by atoms with Gasteiger partial charge in [0.05, 0.1) is 5.69 Å².